The van der Waals surface area contributed by atoms with Crippen LogP contribution in [0.5, 0.6) is 0 Å². The zero-order valence-corrected chi connectivity index (χ0v) is 20.6. The first-order valence-corrected chi connectivity index (χ1v) is 11.8. The molecule has 9 heteroatoms. The summed E-state index contributed by atoms with van der Waals surface area (Å²) in [6, 6.07) is 9.06. The van der Waals surface area contributed by atoms with E-state index in [0.29, 0.717) is 17.7 Å². The Hall–Kier alpha value is -2.57. The predicted molar refractivity (Wildman–Crippen MR) is 125 cm³/mol. The number of allylic oxidation sites excluding steroid dienone is 3. The molecule has 0 spiro atoms. The number of aryl methyl sites for hydroxylation is 1. The minimum Gasteiger partial charge on any atom is -0.384 e. The van der Waals surface area contributed by atoms with Crippen molar-refractivity contribution in [2.24, 2.45) is 11.1 Å². The third kappa shape index (κ3) is 4.00. The molecule has 172 valence electrons. The van der Waals surface area contributed by atoms with Gasteiger partial charge in [0.25, 0.3) is 0 Å². The van der Waals surface area contributed by atoms with E-state index in [9.17, 15) is 23.2 Å². The number of anilines is 1. The van der Waals surface area contributed by atoms with Crippen LogP contribution in [0.15, 0.2) is 57.5 Å². The van der Waals surface area contributed by atoms with Crippen LogP contribution in [0.4, 0.5) is 18.9 Å². The lowest BCUT2D eigenvalue weighted by molar-refractivity contribution is -0.137. The molecule has 1 aromatic carbocycles. The van der Waals surface area contributed by atoms with Crippen molar-refractivity contribution in [1.82, 2.24) is 0 Å². The Kier molecular flexibility index (Phi) is 5.74. The topological polar surface area (TPSA) is 70.1 Å². The van der Waals surface area contributed by atoms with Gasteiger partial charge in [-0.2, -0.15) is 18.4 Å². The molecule has 1 aliphatic heterocycles. The second-order valence-corrected chi connectivity index (χ2v) is 11.2. The lowest BCUT2D eigenvalue weighted by Crippen LogP contribution is -2.42. The van der Waals surface area contributed by atoms with Gasteiger partial charge in [0.2, 0.25) is 0 Å². The Morgan fingerprint density at radius 2 is 1.94 bits per heavy atom. The van der Waals surface area contributed by atoms with Crippen molar-refractivity contribution in [2.75, 3.05) is 4.90 Å². The van der Waals surface area contributed by atoms with E-state index in [1.54, 1.807) is 0 Å². The number of nitrogens with zero attached hydrogens (tertiary/aromatic N) is 2. The summed E-state index contributed by atoms with van der Waals surface area (Å²) >= 11 is 4.92. The Morgan fingerprint density at radius 1 is 1.27 bits per heavy atom. The summed E-state index contributed by atoms with van der Waals surface area (Å²) in [6.45, 7) is 5.72. The lowest BCUT2D eigenvalue weighted by atomic mass is 9.69. The van der Waals surface area contributed by atoms with Crippen LogP contribution in [-0.4, -0.2) is 5.78 Å². The van der Waals surface area contributed by atoms with Crippen molar-refractivity contribution in [3.8, 4) is 6.07 Å². The van der Waals surface area contributed by atoms with Gasteiger partial charge in [-0.15, -0.1) is 11.3 Å². The summed E-state index contributed by atoms with van der Waals surface area (Å²) in [4.78, 5) is 16.5. The number of thiophene rings is 1. The van der Waals surface area contributed by atoms with Crippen LogP contribution in [-0.2, 0) is 11.0 Å². The first-order valence-electron chi connectivity index (χ1n) is 10.2. The molecule has 1 atom stereocenters. The first kappa shape index (κ1) is 23.6. The highest BCUT2D eigenvalue weighted by molar-refractivity contribution is 9.10. The zero-order chi connectivity index (χ0) is 24.3. The minimum atomic E-state index is -4.63. The highest BCUT2D eigenvalue weighted by Gasteiger charge is 2.46. The molecule has 1 unspecified atom stereocenters. The number of halogens is 4. The van der Waals surface area contributed by atoms with Gasteiger partial charge in [-0.25, -0.2) is 0 Å². The third-order valence-corrected chi connectivity index (χ3v) is 8.19. The van der Waals surface area contributed by atoms with Crippen molar-refractivity contribution in [3.05, 3.63) is 72.8 Å². The van der Waals surface area contributed by atoms with Gasteiger partial charge in [0.15, 0.2) is 5.78 Å². The predicted octanol–water partition coefficient (Wildman–Crippen LogP) is 6.78. The smallest absolute Gasteiger partial charge is 0.384 e. The molecule has 0 saturated heterocycles. The Bertz CT molecular complexity index is 1250. The van der Waals surface area contributed by atoms with Crippen LogP contribution in [0, 0.1) is 23.7 Å². The quantitative estimate of drug-likeness (QED) is 0.460. The van der Waals surface area contributed by atoms with Gasteiger partial charge in [-0.3, -0.25) is 9.69 Å². The monoisotopic (exact) mass is 535 g/mol. The summed E-state index contributed by atoms with van der Waals surface area (Å²) in [6.07, 6.45) is -4.05. The molecule has 2 heterocycles. The maximum absolute atomic E-state index is 13.9. The molecule has 2 aliphatic rings. The van der Waals surface area contributed by atoms with Crippen molar-refractivity contribution < 1.29 is 18.0 Å². The minimum absolute atomic E-state index is 0.0764. The number of Topliss-reactive ketones (excluding diaryl/α,β-unsaturated/α-hetero) is 1. The van der Waals surface area contributed by atoms with Crippen LogP contribution >= 0.6 is 27.3 Å². The second-order valence-electron chi connectivity index (χ2n) is 9.05. The zero-order valence-electron chi connectivity index (χ0n) is 18.2. The molecule has 2 N–H and O–H groups in total. The van der Waals surface area contributed by atoms with E-state index >= 15 is 0 Å². The van der Waals surface area contributed by atoms with E-state index in [2.05, 4.69) is 22.0 Å². The van der Waals surface area contributed by atoms with Gasteiger partial charge >= 0.3 is 6.18 Å². The number of para-hydroxylation sites is 1. The van der Waals surface area contributed by atoms with Gasteiger partial charge < -0.3 is 5.73 Å². The van der Waals surface area contributed by atoms with Crippen LogP contribution < -0.4 is 10.6 Å². The van der Waals surface area contributed by atoms with Crippen LogP contribution in [0.25, 0.3) is 0 Å². The molecule has 4 nitrogen and oxygen atoms in total. The largest absolute Gasteiger partial charge is 0.418 e. The standard InChI is InChI=1S/C24H21BrF3N3OS/c1-12-15(25)8-19(33-12)20-13(11-29)22(30)31(16-7-5-4-6-14(16)24(26,27)28)17-9-23(2,3)10-18(32)21(17)20/h4-8,20H,9-10,30H2,1-3H3. The van der Waals surface area contributed by atoms with Gasteiger partial charge in [-0.05, 0) is 52.9 Å². The Labute approximate surface area is 202 Å². The fraction of sp³-hybridized carbons (Fsp3) is 0.333. The van der Waals surface area contributed by atoms with Gasteiger partial charge in [0.05, 0.1) is 28.8 Å². The first-order chi connectivity index (χ1) is 15.4. The molecule has 33 heavy (non-hydrogen) atoms. The van der Waals surface area contributed by atoms with Gasteiger partial charge in [-0.1, -0.05) is 26.0 Å². The van der Waals surface area contributed by atoms with E-state index in [4.69, 9.17) is 5.73 Å². The molecular weight excluding hydrogens is 515 g/mol. The van der Waals surface area contributed by atoms with Crippen molar-refractivity contribution in [1.29, 1.82) is 5.26 Å². The molecule has 0 bridgehead atoms. The van der Waals surface area contributed by atoms with Crippen LogP contribution in [0.2, 0.25) is 0 Å². The SMILES string of the molecule is Cc1sc(C2C(C#N)=C(N)N(c3ccccc3C(F)(F)F)C3=C2C(=O)CC(C)(C)C3)cc1Br. The molecule has 0 saturated carbocycles. The average Bonchev–Trinajstić information content (AvgIpc) is 3.04. The number of alkyl halides is 3. The molecule has 0 fully saturated rings. The number of benzene rings is 1. The maximum atomic E-state index is 13.9. The molecular formula is C24H21BrF3N3OS. The Morgan fingerprint density at radius 3 is 2.52 bits per heavy atom. The van der Waals surface area contributed by atoms with Gasteiger partial charge in [0.1, 0.15) is 5.82 Å². The number of rotatable bonds is 2. The summed E-state index contributed by atoms with van der Waals surface area (Å²) < 4.78 is 42.6. The number of nitriles is 1. The summed E-state index contributed by atoms with van der Waals surface area (Å²) in [7, 11) is 0. The van der Waals surface area contributed by atoms with Gasteiger partial charge in [0, 0.05) is 31.9 Å². The lowest BCUT2D eigenvalue weighted by Gasteiger charge is -2.44. The molecule has 0 amide bonds. The van der Waals surface area contributed by atoms with Crippen molar-refractivity contribution in [2.45, 2.75) is 45.7 Å². The maximum Gasteiger partial charge on any atom is 0.418 e. The molecule has 1 aromatic heterocycles. The van der Waals surface area contributed by atoms with E-state index in [1.165, 1.54) is 34.4 Å². The highest BCUT2D eigenvalue weighted by Crippen LogP contribution is 2.53. The molecule has 4 rings (SSSR count). The number of hydrogen-bond acceptors (Lipinski definition) is 5. The summed E-state index contributed by atoms with van der Waals surface area (Å²) in [5.41, 5.74) is 5.78. The van der Waals surface area contributed by atoms with E-state index in [1.807, 2.05) is 26.8 Å². The molecule has 0 radical (unpaired) electrons. The van der Waals surface area contributed by atoms with E-state index in [0.717, 1.165) is 20.3 Å². The number of hydrogen-bond donors (Lipinski definition) is 1. The van der Waals surface area contributed by atoms with Crippen LogP contribution in [0.1, 0.15) is 47.9 Å². The van der Waals surface area contributed by atoms with Crippen LogP contribution in [0.3, 0.4) is 0 Å². The average molecular weight is 536 g/mol. The van der Waals surface area contributed by atoms with E-state index < -0.39 is 23.1 Å². The fourth-order valence-corrected chi connectivity index (χ4v) is 6.28. The number of carbonyl (C=O) groups is 1. The molecule has 2 aromatic rings. The number of nitrogens with two attached hydrogens (primary N) is 1. The Balaban J connectivity index is 2.05. The number of carbonyl (C=O) groups excluding carboxylic acids is 1. The number of ketones is 1. The summed E-state index contributed by atoms with van der Waals surface area (Å²) in [5.74, 6) is -0.966. The normalized spacial score (nSPS) is 20.7. The van der Waals surface area contributed by atoms with Crippen molar-refractivity contribution >= 4 is 38.7 Å². The van der Waals surface area contributed by atoms with Crippen molar-refractivity contribution in [3.63, 3.8) is 0 Å². The van der Waals surface area contributed by atoms with E-state index in [-0.39, 0.29) is 29.3 Å². The summed E-state index contributed by atoms with van der Waals surface area (Å²) in [5, 5.41) is 10.1. The second kappa shape index (κ2) is 8.03. The third-order valence-electron chi connectivity index (χ3n) is 5.99. The highest BCUT2D eigenvalue weighted by atomic mass is 79.9. The fourth-order valence-electron chi connectivity index (χ4n) is 4.60. The molecule has 1 aliphatic carbocycles.